The Labute approximate surface area is 112 Å². The highest BCUT2D eigenvalue weighted by Crippen LogP contribution is 2.14. The van der Waals surface area contributed by atoms with Gasteiger partial charge in [0.05, 0.1) is 6.20 Å². The average Bonchev–Trinajstić information content (AvgIpc) is 2.98. The zero-order chi connectivity index (χ0) is 14.7. The lowest BCUT2D eigenvalue weighted by molar-refractivity contribution is -0.117. The van der Waals surface area contributed by atoms with Crippen molar-refractivity contribution in [3.63, 3.8) is 0 Å². The molecule has 0 aliphatic rings. The molecule has 2 aromatic rings. The van der Waals surface area contributed by atoms with Crippen LogP contribution < -0.4 is 5.32 Å². The van der Waals surface area contributed by atoms with Crippen molar-refractivity contribution in [3.8, 4) is 0 Å². The molecule has 10 heteroatoms. The number of carboxylic acids is 1. The van der Waals surface area contributed by atoms with Crippen molar-refractivity contribution in [1.29, 1.82) is 0 Å². The predicted octanol–water partition coefficient (Wildman–Crippen LogP) is 0.121. The Balaban J connectivity index is 1.95. The first-order valence-electron chi connectivity index (χ1n) is 5.72. The van der Waals surface area contributed by atoms with E-state index in [0.717, 1.165) is 10.9 Å². The van der Waals surface area contributed by atoms with Crippen molar-refractivity contribution in [3.05, 3.63) is 17.8 Å². The maximum absolute atomic E-state index is 11.7. The summed E-state index contributed by atoms with van der Waals surface area (Å²) in [4.78, 5) is 22.3. The third-order valence-electron chi connectivity index (χ3n) is 2.24. The second-order valence-corrected chi connectivity index (χ2v) is 4.25. The highest BCUT2D eigenvalue weighted by molar-refractivity contribution is 5.88. The van der Waals surface area contributed by atoms with Crippen LogP contribution in [0, 0.1) is 0 Å². The number of carbonyl (C=O) groups is 2. The summed E-state index contributed by atoms with van der Waals surface area (Å²) in [5, 5.41) is 25.4. The minimum Gasteiger partial charge on any atom is -0.476 e. The molecule has 106 valence electrons. The van der Waals surface area contributed by atoms with E-state index in [2.05, 4.69) is 25.8 Å². The van der Waals surface area contributed by atoms with Crippen LogP contribution in [0.25, 0.3) is 0 Å². The van der Waals surface area contributed by atoms with E-state index >= 15 is 0 Å². The van der Waals surface area contributed by atoms with E-state index in [0.29, 0.717) is 5.89 Å². The van der Waals surface area contributed by atoms with Crippen molar-refractivity contribution >= 4 is 17.9 Å². The van der Waals surface area contributed by atoms with Gasteiger partial charge >= 0.3 is 12.0 Å². The van der Waals surface area contributed by atoms with Gasteiger partial charge in [-0.25, -0.2) is 9.48 Å². The Hall–Kier alpha value is -2.78. The number of nitrogens with one attached hydrogen (secondary N) is 1. The molecule has 1 amide bonds. The van der Waals surface area contributed by atoms with Gasteiger partial charge in [-0.05, 0) is 0 Å². The van der Waals surface area contributed by atoms with E-state index in [9.17, 15) is 9.59 Å². The normalized spacial score (nSPS) is 10.8. The van der Waals surface area contributed by atoms with Gasteiger partial charge < -0.3 is 9.52 Å². The topological polar surface area (TPSA) is 136 Å². The summed E-state index contributed by atoms with van der Waals surface area (Å²) < 4.78 is 6.30. The second-order valence-electron chi connectivity index (χ2n) is 4.25. The number of carboxylic acid groups (broad SMARTS) is 1. The molecule has 0 saturated heterocycles. The fourth-order valence-corrected chi connectivity index (χ4v) is 1.30. The van der Waals surface area contributed by atoms with Crippen LogP contribution in [0.4, 0.5) is 6.01 Å². The summed E-state index contributed by atoms with van der Waals surface area (Å²) in [5.41, 5.74) is -0.238. The van der Waals surface area contributed by atoms with Crippen molar-refractivity contribution in [2.24, 2.45) is 0 Å². The number of anilines is 1. The Kier molecular flexibility index (Phi) is 3.73. The Bertz CT molecular complexity index is 631. The molecule has 0 fully saturated rings. The Morgan fingerprint density at radius 2 is 2.15 bits per heavy atom. The number of aromatic carboxylic acids is 1. The van der Waals surface area contributed by atoms with Gasteiger partial charge in [0.15, 0.2) is 5.69 Å². The average molecular weight is 280 g/mol. The van der Waals surface area contributed by atoms with E-state index in [1.165, 1.54) is 0 Å². The molecule has 0 aromatic carbocycles. The highest BCUT2D eigenvalue weighted by atomic mass is 16.4. The van der Waals surface area contributed by atoms with E-state index in [4.69, 9.17) is 9.52 Å². The van der Waals surface area contributed by atoms with Crippen LogP contribution in [0.2, 0.25) is 0 Å². The summed E-state index contributed by atoms with van der Waals surface area (Å²) in [7, 11) is 0. The lowest BCUT2D eigenvalue weighted by Gasteiger charge is -1.99. The van der Waals surface area contributed by atoms with E-state index in [1.54, 1.807) is 0 Å². The largest absolute Gasteiger partial charge is 0.476 e. The van der Waals surface area contributed by atoms with Crippen LogP contribution in [0.3, 0.4) is 0 Å². The molecular formula is C10H12N6O4. The van der Waals surface area contributed by atoms with Gasteiger partial charge in [0, 0.05) is 5.92 Å². The summed E-state index contributed by atoms with van der Waals surface area (Å²) in [6.07, 6.45) is 1.15. The smallest absolute Gasteiger partial charge is 0.358 e. The van der Waals surface area contributed by atoms with Gasteiger partial charge in [0.25, 0.3) is 0 Å². The summed E-state index contributed by atoms with van der Waals surface area (Å²) in [5.74, 6) is -1.23. The SMILES string of the molecule is CC(C)c1nnc(NC(=O)Cn2cc(C(=O)O)nn2)o1. The van der Waals surface area contributed by atoms with Gasteiger partial charge in [-0.2, -0.15) is 0 Å². The molecule has 20 heavy (non-hydrogen) atoms. The number of nitrogens with zero attached hydrogens (tertiary/aromatic N) is 5. The fraction of sp³-hybridized carbons (Fsp3) is 0.400. The van der Waals surface area contributed by atoms with Crippen molar-refractivity contribution < 1.29 is 19.1 Å². The standard InChI is InChI=1S/C10H12N6O4/c1-5(2)8-13-14-10(20-8)11-7(17)4-16-3-6(9(18)19)12-15-16/h3,5H,4H2,1-2H3,(H,18,19)(H,11,14,17). The molecule has 0 saturated carbocycles. The molecule has 2 rings (SSSR count). The minimum atomic E-state index is -1.21. The lowest BCUT2D eigenvalue weighted by Crippen LogP contribution is -2.19. The van der Waals surface area contributed by atoms with Crippen LogP contribution >= 0.6 is 0 Å². The maximum atomic E-state index is 11.7. The second kappa shape index (κ2) is 5.47. The van der Waals surface area contributed by atoms with Crippen molar-refractivity contribution in [1.82, 2.24) is 25.2 Å². The molecule has 0 spiro atoms. The number of rotatable bonds is 5. The van der Waals surface area contributed by atoms with Crippen LogP contribution in [-0.2, 0) is 11.3 Å². The monoisotopic (exact) mass is 280 g/mol. The van der Waals surface area contributed by atoms with Crippen LogP contribution in [-0.4, -0.2) is 42.2 Å². The molecular weight excluding hydrogens is 268 g/mol. The number of hydrogen-bond donors (Lipinski definition) is 2. The minimum absolute atomic E-state index is 0.0164. The summed E-state index contributed by atoms with van der Waals surface area (Å²) in [6.45, 7) is 3.55. The third-order valence-corrected chi connectivity index (χ3v) is 2.24. The van der Waals surface area contributed by atoms with Crippen LogP contribution in [0.15, 0.2) is 10.6 Å². The molecule has 2 aromatic heterocycles. The zero-order valence-corrected chi connectivity index (χ0v) is 10.8. The third kappa shape index (κ3) is 3.16. The van der Waals surface area contributed by atoms with Gasteiger partial charge in [0.2, 0.25) is 11.8 Å². The molecule has 0 unspecified atom stereocenters. The van der Waals surface area contributed by atoms with Gasteiger partial charge in [0.1, 0.15) is 6.54 Å². The molecule has 0 aliphatic heterocycles. The number of carbonyl (C=O) groups excluding carboxylic acids is 1. The van der Waals surface area contributed by atoms with Crippen molar-refractivity contribution in [2.45, 2.75) is 26.3 Å². The molecule has 0 radical (unpaired) electrons. The molecule has 2 heterocycles. The predicted molar refractivity (Wildman–Crippen MR) is 64.0 cm³/mol. The Morgan fingerprint density at radius 3 is 2.70 bits per heavy atom. The first-order valence-corrected chi connectivity index (χ1v) is 5.72. The molecule has 0 atom stereocenters. The van der Waals surface area contributed by atoms with Gasteiger partial charge in [-0.1, -0.05) is 24.2 Å². The first-order chi connectivity index (χ1) is 9.45. The fourth-order valence-electron chi connectivity index (χ4n) is 1.30. The number of aromatic nitrogens is 5. The van der Waals surface area contributed by atoms with Crippen molar-refractivity contribution in [2.75, 3.05) is 5.32 Å². The van der Waals surface area contributed by atoms with Gasteiger partial charge in [-0.15, -0.1) is 10.2 Å². The molecule has 0 aliphatic carbocycles. The quantitative estimate of drug-likeness (QED) is 0.788. The van der Waals surface area contributed by atoms with Crippen LogP contribution in [0.5, 0.6) is 0 Å². The van der Waals surface area contributed by atoms with Crippen LogP contribution in [0.1, 0.15) is 36.1 Å². The van der Waals surface area contributed by atoms with E-state index < -0.39 is 11.9 Å². The molecule has 2 N–H and O–H groups in total. The number of amides is 1. The van der Waals surface area contributed by atoms with E-state index in [-0.39, 0.29) is 24.2 Å². The summed E-state index contributed by atoms with van der Waals surface area (Å²) >= 11 is 0. The molecule has 10 nitrogen and oxygen atoms in total. The zero-order valence-electron chi connectivity index (χ0n) is 10.8. The maximum Gasteiger partial charge on any atom is 0.358 e. The summed E-state index contributed by atoms with van der Waals surface area (Å²) in [6, 6.07) is -0.0164. The highest BCUT2D eigenvalue weighted by Gasteiger charge is 2.14. The lowest BCUT2D eigenvalue weighted by atomic mass is 10.2. The first kappa shape index (κ1) is 13.6. The number of hydrogen-bond acceptors (Lipinski definition) is 7. The van der Waals surface area contributed by atoms with E-state index in [1.807, 2.05) is 13.8 Å². The van der Waals surface area contributed by atoms with Gasteiger partial charge in [-0.3, -0.25) is 10.1 Å². The molecule has 0 bridgehead atoms. The Morgan fingerprint density at radius 1 is 1.40 bits per heavy atom.